The molecule has 2 aliphatic carbocycles. The molecule has 1 amide bonds. The molecule has 4 aromatic carbocycles. The van der Waals surface area contributed by atoms with Crippen LogP contribution in [0.4, 0.5) is 40.9 Å². The first kappa shape index (κ1) is 44.6. The Bertz CT molecular complexity index is 2970. The van der Waals surface area contributed by atoms with Crippen molar-refractivity contribution in [3.05, 3.63) is 134 Å². The average molecular weight is 929 g/mol. The number of benzene rings is 4. The lowest BCUT2D eigenvalue weighted by Crippen LogP contribution is -2.32. The summed E-state index contributed by atoms with van der Waals surface area (Å²) < 4.78 is 117. The number of aryl methyl sites for hydroxylation is 1. The van der Waals surface area contributed by atoms with E-state index >= 15 is 0 Å². The summed E-state index contributed by atoms with van der Waals surface area (Å²) in [5.41, 5.74) is -0.463. The van der Waals surface area contributed by atoms with Gasteiger partial charge in [0.15, 0.2) is 11.5 Å². The molecular weight excluding hydrogens is 892 g/mol. The summed E-state index contributed by atoms with van der Waals surface area (Å²) in [4.78, 5) is 31.2. The molecule has 7 aromatic rings. The third-order valence-electron chi connectivity index (χ3n) is 11.4. The van der Waals surface area contributed by atoms with Crippen molar-refractivity contribution in [1.82, 2.24) is 34.4 Å². The van der Waals surface area contributed by atoms with Crippen LogP contribution in [0, 0.1) is 23.4 Å². The summed E-state index contributed by atoms with van der Waals surface area (Å²) >= 11 is 7.71. The summed E-state index contributed by atoms with van der Waals surface area (Å²) in [5, 5.41) is 11.2. The van der Waals surface area contributed by atoms with E-state index in [1.54, 1.807) is 31.4 Å². The monoisotopic (exact) mass is 928 g/mol. The molecule has 9 rings (SSSR count). The first-order valence-electron chi connectivity index (χ1n) is 19.9. The Kier molecular flexibility index (Phi) is 12.2. The predicted molar refractivity (Wildman–Crippen MR) is 228 cm³/mol. The van der Waals surface area contributed by atoms with Crippen LogP contribution in [0.25, 0.3) is 38.6 Å². The molecular formula is C44H37ClF8N8O2S. The molecule has 4 unspecified atom stereocenters. The van der Waals surface area contributed by atoms with Crippen molar-refractivity contribution in [3.63, 3.8) is 0 Å². The van der Waals surface area contributed by atoms with E-state index in [2.05, 4.69) is 20.2 Å². The van der Waals surface area contributed by atoms with Crippen LogP contribution < -0.4 is 15.6 Å². The predicted octanol–water partition coefficient (Wildman–Crippen LogP) is 10.6. The topological polar surface area (TPSA) is 112 Å². The van der Waals surface area contributed by atoms with Crippen LogP contribution >= 0.6 is 23.5 Å². The second-order valence-corrected chi connectivity index (χ2v) is 16.5. The number of nitrogens with one attached hydrogen (secondary N) is 2. The number of alkyl halides is 5. The maximum atomic E-state index is 14.7. The normalized spacial score (nSPS) is 18.0. The van der Waals surface area contributed by atoms with Gasteiger partial charge in [-0.25, -0.2) is 40.1 Å². The summed E-state index contributed by atoms with van der Waals surface area (Å²) in [6, 6.07) is 15.1. The highest BCUT2D eigenvalue weighted by molar-refractivity contribution is 7.99. The fourth-order valence-electron chi connectivity index (χ4n) is 8.73. The Morgan fingerprint density at radius 3 is 2.38 bits per heavy atom. The van der Waals surface area contributed by atoms with E-state index in [-0.39, 0.29) is 79.2 Å². The van der Waals surface area contributed by atoms with E-state index in [4.69, 9.17) is 16.6 Å². The Hall–Kier alpha value is -5.95. The van der Waals surface area contributed by atoms with Gasteiger partial charge in [-0.05, 0) is 79.8 Å². The van der Waals surface area contributed by atoms with Crippen LogP contribution in [0.5, 0.6) is 0 Å². The second kappa shape index (κ2) is 17.6. The quantitative estimate of drug-likeness (QED) is 0.0673. The zero-order chi connectivity index (χ0) is 45.8. The molecule has 1 fully saturated rings. The number of rotatable bonds is 13. The van der Waals surface area contributed by atoms with Crippen molar-refractivity contribution in [2.45, 2.75) is 70.3 Å². The van der Waals surface area contributed by atoms with Crippen LogP contribution in [0.1, 0.15) is 67.0 Å². The lowest BCUT2D eigenvalue weighted by atomic mass is 10.0. The van der Waals surface area contributed by atoms with E-state index in [0.717, 1.165) is 33.3 Å². The molecule has 334 valence electrons. The second-order valence-electron chi connectivity index (χ2n) is 15.4. The summed E-state index contributed by atoms with van der Waals surface area (Å²) in [6.07, 6.45) is -2.93. The van der Waals surface area contributed by atoms with Gasteiger partial charge in [0.05, 0.1) is 44.3 Å². The number of nitrogens with zero attached hydrogens (tertiary/aromatic N) is 6. The van der Waals surface area contributed by atoms with E-state index in [1.807, 2.05) is 0 Å². The van der Waals surface area contributed by atoms with Crippen LogP contribution in [-0.4, -0.2) is 48.2 Å². The van der Waals surface area contributed by atoms with Gasteiger partial charge in [0, 0.05) is 42.3 Å². The minimum atomic E-state index is -2.84. The molecule has 1 saturated carbocycles. The first-order chi connectivity index (χ1) is 30.6. The molecule has 2 N–H and O–H groups in total. The number of aromatic nitrogens is 6. The SMILES string of the molecule is CCn1nc(C(F)F)c2c1C(C)(F)C1CC21.CSNc1nn(CC(F)F)c2c(-n3c(C(Cc4cc(F)cc(F)c4)NC=O)nc4cc(-c5ccccc5F)ccc4c3=O)ccc(Cl)c12. The van der Waals surface area contributed by atoms with Crippen molar-refractivity contribution < 1.29 is 39.9 Å². The zero-order valence-corrected chi connectivity index (χ0v) is 35.6. The minimum Gasteiger partial charge on any atom is -0.348 e. The van der Waals surface area contributed by atoms with Crippen LogP contribution in [0.3, 0.4) is 0 Å². The van der Waals surface area contributed by atoms with Gasteiger partial charge in [0.1, 0.15) is 35.5 Å². The molecule has 0 saturated heterocycles. The van der Waals surface area contributed by atoms with Gasteiger partial charge in [0.2, 0.25) is 6.41 Å². The molecule has 4 atom stereocenters. The van der Waals surface area contributed by atoms with Crippen LogP contribution in [0.15, 0.2) is 77.6 Å². The number of hydrogen-bond donors (Lipinski definition) is 2. The van der Waals surface area contributed by atoms with Crippen molar-refractivity contribution in [3.8, 4) is 16.8 Å². The van der Waals surface area contributed by atoms with Crippen LogP contribution in [-0.2, 0) is 30.0 Å². The van der Waals surface area contributed by atoms with Crippen molar-refractivity contribution in [1.29, 1.82) is 0 Å². The van der Waals surface area contributed by atoms with E-state index in [1.165, 1.54) is 48.0 Å². The Morgan fingerprint density at radius 1 is 0.984 bits per heavy atom. The summed E-state index contributed by atoms with van der Waals surface area (Å²) in [5.74, 6) is -2.30. The molecule has 64 heavy (non-hydrogen) atoms. The first-order valence-corrected chi connectivity index (χ1v) is 21.5. The number of fused-ring (bicyclic) bond motifs is 5. The number of carbonyl (C=O) groups is 1. The number of carbonyl (C=O) groups excluding carboxylic acids is 1. The van der Waals surface area contributed by atoms with Gasteiger partial charge in [-0.2, -0.15) is 10.2 Å². The van der Waals surface area contributed by atoms with Gasteiger partial charge < -0.3 is 10.0 Å². The van der Waals surface area contributed by atoms with Crippen molar-refractivity contribution in [2.24, 2.45) is 5.92 Å². The van der Waals surface area contributed by atoms with E-state index in [0.29, 0.717) is 42.3 Å². The molecule has 2 aliphatic rings. The molecule has 3 aromatic heterocycles. The number of amides is 1. The molecule has 10 nitrogen and oxygen atoms in total. The van der Waals surface area contributed by atoms with Gasteiger partial charge in [-0.1, -0.05) is 47.8 Å². The largest absolute Gasteiger partial charge is 0.348 e. The average Bonchev–Trinajstić information content (AvgIpc) is 3.75. The molecule has 0 spiro atoms. The maximum absolute atomic E-state index is 14.7. The Morgan fingerprint density at radius 2 is 1.72 bits per heavy atom. The fourth-order valence-corrected chi connectivity index (χ4v) is 9.31. The highest BCUT2D eigenvalue weighted by Gasteiger charge is 2.63. The number of halogens is 9. The lowest BCUT2D eigenvalue weighted by Gasteiger charge is -2.22. The molecule has 20 heteroatoms. The smallest absolute Gasteiger partial charge is 0.282 e. The highest BCUT2D eigenvalue weighted by Crippen LogP contribution is 2.67. The van der Waals surface area contributed by atoms with E-state index in [9.17, 15) is 44.7 Å². The maximum Gasteiger partial charge on any atom is 0.282 e. The van der Waals surface area contributed by atoms with Gasteiger partial charge in [-0.15, -0.1) is 0 Å². The van der Waals surface area contributed by atoms with Gasteiger partial charge >= 0.3 is 0 Å². The van der Waals surface area contributed by atoms with Crippen molar-refractivity contribution >= 4 is 57.6 Å². The third-order valence-corrected chi connectivity index (χ3v) is 12.2. The summed E-state index contributed by atoms with van der Waals surface area (Å²) in [7, 11) is 0. The van der Waals surface area contributed by atoms with Gasteiger partial charge in [0.25, 0.3) is 18.4 Å². The van der Waals surface area contributed by atoms with Crippen molar-refractivity contribution in [2.75, 3.05) is 11.0 Å². The number of anilines is 1. The summed E-state index contributed by atoms with van der Waals surface area (Å²) in [6.45, 7) is 2.87. The van der Waals surface area contributed by atoms with Crippen LogP contribution in [0.2, 0.25) is 5.02 Å². The third kappa shape index (κ3) is 8.07. The van der Waals surface area contributed by atoms with Gasteiger partial charge in [-0.3, -0.25) is 23.5 Å². The zero-order valence-electron chi connectivity index (χ0n) is 34.0. The lowest BCUT2D eigenvalue weighted by molar-refractivity contribution is -0.110. The molecule has 0 radical (unpaired) electrons. The van der Waals surface area contributed by atoms with E-state index < -0.39 is 54.1 Å². The fraction of sp³-hybridized carbons (Fsp3) is 0.295. The Labute approximate surface area is 368 Å². The molecule has 3 heterocycles. The molecule has 0 aliphatic heterocycles. The highest BCUT2D eigenvalue weighted by atomic mass is 35.5. The standard InChI is InChI=1S/C33H24ClF5N6O2S.C11H13F3N2/c1-48-43-31-29-23(34)8-9-27(30(29)44(42-31)15-28(38)39)45-32(26(40-16-46)12-17-10-19(35)14-20(36)11-17)41-25-13-18(6-7-22(25)33(45)47)21-4-2-3-5-24(21)37;1-3-16-9-7(8(15-16)10(12)13)5-4-6(5)11(9,2)14/h2-11,13-14,16,26,28H,12,15H2,1H3,(H,40,46)(H,42,43);5-6,10H,3-4H2,1-2H3. The minimum absolute atomic E-state index is 0.0192. The Balaban J connectivity index is 0.000000291. The molecule has 0 bridgehead atoms. The number of hydrogen-bond acceptors (Lipinski definition) is 7.